The first-order chi connectivity index (χ1) is 7.65. The second-order valence-corrected chi connectivity index (χ2v) is 2.83. The van der Waals surface area contributed by atoms with E-state index in [4.69, 9.17) is 10.2 Å². The first kappa shape index (κ1) is 9.90. The zero-order valence-electron chi connectivity index (χ0n) is 7.95. The number of guanidine groups is 1. The van der Waals surface area contributed by atoms with Gasteiger partial charge in [0, 0.05) is 0 Å². The molecule has 0 bridgehead atoms. The average molecular weight is 221 g/mol. The lowest BCUT2D eigenvalue weighted by atomic mass is 10.3. The van der Waals surface area contributed by atoms with E-state index in [2.05, 4.69) is 9.98 Å². The van der Waals surface area contributed by atoms with Gasteiger partial charge in [-0.15, -0.1) is 0 Å². The standard InChI is InChI=1S/C8H7N5O3/c9-7(12-13(14)15)11-8-10-5-3-1-2-4-6(5)16-8/h1-4H,(H3,9,10,11,12). The highest BCUT2D eigenvalue weighted by molar-refractivity contribution is 5.80. The Bertz CT molecular complexity index is 529. The fraction of sp³-hybridized carbons (Fsp3) is 0. The zero-order chi connectivity index (χ0) is 11.5. The summed E-state index contributed by atoms with van der Waals surface area (Å²) in [5, 5.41) is 9.24. The van der Waals surface area contributed by atoms with E-state index < -0.39 is 11.0 Å². The van der Waals surface area contributed by atoms with Crippen LogP contribution in [0, 0.1) is 10.1 Å². The number of benzene rings is 1. The maximum Gasteiger partial charge on any atom is 0.326 e. The lowest BCUT2D eigenvalue weighted by Crippen LogP contribution is -2.35. The monoisotopic (exact) mass is 221 g/mol. The number of para-hydroxylation sites is 2. The SMILES string of the molecule is N/C(=N\c1nc2ccccc2o1)N[N+](=O)[O-]. The molecule has 0 aliphatic carbocycles. The Morgan fingerprint density at radius 3 is 3.00 bits per heavy atom. The molecule has 0 fully saturated rings. The van der Waals surface area contributed by atoms with Crippen LogP contribution in [0.4, 0.5) is 6.01 Å². The maximum absolute atomic E-state index is 10.1. The third-order valence-corrected chi connectivity index (χ3v) is 1.70. The van der Waals surface area contributed by atoms with Crippen molar-refractivity contribution < 1.29 is 9.45 Å². The summed E-state index contributed by atoms with van der Waals surface area (Å²) in [5.41, 5.74) is 8.06. The van der Waals surface area contributed by atoms with Gasteiger partial charge in [-0.3, -0.25) is 0 Å². The summed E-state index contributed by atoms with van der Waals surface area (Å²) in [6, 6.07) is 6.97. The molecule has 0 aliphatic heterocycles. The summed E-state index contributed by atoms with van der Waals surface area (Å²) in [6.45, 7) is 0. The van der Waals surface area contributed by atoms with Crippen molar-refractivity contribution in [3.05, 3.63) is 34.4 Å². The maximum atomic E-state index is 10.1. The highest BCUT2D eigenvalue weighted by Crippen LogP contribution is 2.19. The molecular weight excluding hydrogens is 214 g/mol. The number of hydrazine groups is 1. The molecule has 0 saturated carbocycles. The predicted molar refractivity (Wildman–Crippen MR) is 55.4 cm³/mol. The fourth-order valence-electron chi connectivity index (χ4n) is 1.13. The average Bonchev–Trinajstić information content (AvgIpc) is 2.57. The third-order valence-electron chi connectivity index (χ3n) is 1.70. The normalized spacial score (nSPS) is 11.6. The molecule has 2 aromatic rings. The molecule has 82 valence electrons. The molecule has 1 aromatic heterocycles. The zero-order valence-corrected chi connectivity index (χ0v) is 7.95. The minimum Gasteiger partial charge on any atom is -0.422 e. The lowest BCUT2D eigenvalue weighted by Gasteiger charge is -1.91. The van der Waals surface area contributed by atoms with Crippen molar-refractivity contribution >= 4 is 23.1 Å². The summed E-state index contributed by atoms with van der Waals surface area (Å²) >= 11 is 0. The van der Waals surface area contributed by atoms with Crippen molar-refractivity contribution in [2.45, 2.75) is 0 Å². The van der Waals surface area contributed by atoms with Crippen molar-refractivity contribution in [3.63, 3.8) is 0 Å². The largest absolute Gasteiger partial charge is 0.422 e. The Kier molecular flexibility index (Phi) is 2.38. The number of aliphatic imine (C=N–C) groups is 1. The fourth-order valence-corrected chi connectivity index (χ4v) is 1.13. The molecule has 1 aromatic carbocycles. The van der Waals surface area contributed by atoms with Crippen LogP contribution in [-0.2, 0) is 0 Å². The van der Waals surface area contributed by atoms with Crippen LogP contribution in [0.1, 0.15) is 0 Å². The van der Waals surface area contributed by atoms with Crippen molar-refractivity contribution in [1.29, 1.82) is 0 Å². The number of nitrogens with two attached hydrogens (primary N) is 1. The van der Waals surface area contributed by atoms with Gasteiger partial charge in [-0.2, -0.15) is 9.98 Å². The second kappa shape index (κ2) is 3.85. The minimum absolute atomic E-state index is 0.0342. The van der Waals surface area contributed by atoms with Crippen molar-refractivity contribution in [3.8, 4) is 0 Å². The van der Waals surface area contributed by atoms with Gasteiger partial charge in [0.15, 0.2) is 10.6 Å². The topological polar surface area (TPSA) is 120 Å². The summed E-state index contributed by atoms with van der Waals surface area (Å²) < 4.78 is 5.18. The number of nitro groups is 1. The minimum atomic E-state index is -0.818. The van der Waals surface area contributed by atoms with Crippen molar-refractivity contribution in [1.82, 2.24) is 10.4 Å². The van der Waals surface area contributed by atoms with Crippen LogP contribution in [0.5, 0.6) is 0 Å². The Hall–Kier alpha value is -2.64. The third kappa shape index (κ3) is 2.05. The Labute approximate surface area is 88.9 Å². The molecule has 16 heavy (non-hydrogen) atoms. The summed E-state index contributed by atoms with van der Waals surface area (Å²) in [7, 11) is 0. The van der Waals surface area contributed by atoms with Crippen molar-refractivity contribution in [2.24, 2.45) is 10.7 Å². The van der Waals surface area contributed by atoms with Gasteiger partial charge in [0.2, 0.25) is 0 Å². The lowest BCUT2D eigenvalue weighted by molar-refractivity contribution is -0.525. The summed E-state index contributed by atoms with van der Waals surface area (Å²) in [5.74, 6) is -0.392. The molecule has 0 amide bonds. The number of aromatic nitrogens is 1. The molecule has 0 aliphatic rings. The van der Waals surface area contributed by atoms with Gasteiger partial charge in [-0.05, 0) is 12.1 Å². The first-order valence-corrected chi connectivity index (χ1v) is 4.26. The van der Waals surface area contributed by atoms with Crippen LogP contribution in [0.15, 0.2) is 33.7 Å². The quantitative estimate of drug-likeness (QED) is 0.331. The van der Waals surface area contributed by atoms with E-state index in [1.165, 1.54) is 0 Å². The molecule has 8 nitrogen and oxygen atoms in total. The van der Waals surface area contributed by atoms with E-state index in [9.17, 15) is 10.1 Å². The molecule has 2 rings (SSSR count). The molecule has 1 heterocycles. The molecule has 8 heteroatoms. The predicted octanol–water partition coefficient (Wildman–Crippen LogP) is 0.555. The molecular formula is C8H7N5O3. The van der Waals surface area contributed by atoms with E-state index in [1.807, 2.05) is 0 Å². The number of hydrogen-bond acceptors (Lipinski definition) is 5. The second-order valence-electron chi connectivity index (χ2n) is 2.83. The number of rotatable bonds is 2. The molecule has 0 atom stereocenters. The van der Waals surface area contributed by atoms with Gasteiger partial charge in [0.1, 0.15) is 5.52 Å². The van der Waals surface area contributed by atoms with Gasteiger partial charge >= 0.3 is 6.01 Å². The van der Waals surface area contributed by atoms with E-state index in [-0.39, 0.29) is 6.01 Å². The summed E-state index contributed by atoms with van der Waals surface area (Å²) in [6.07, 6.45) is 0. The number of nitrogens with zero attached hydrogens (tertiary/aromatic N) is 3. The van der Waals surface area contributed by atoms with Gasteiger partial charge in [0.25, 0.3) is 5.96 Å². The molecule has 0 unspecified atom stereocenters. The first-order valence-electron chi connectivity index (χ1n) is 4.26. The van der Waals surface area contributed by atoms with Crippen LogP contribution in [0.3, 0.4) is 0 Å². The Balaban J connectivity index is 2.30. The van der Waals surface area contributed by atoms with Gasteiger partial charge < -0.3 is 10.2 Å². The van der Waals surface area contributed by atoms with Gasteiger partial charge in [-0.25, -0.2) is 10.1 Å². The van der Waals surface area contributed by atoms with Crippen LogP contribution >= 0.6 is 0 Å². The highest BCUT2D eigenvalue weighted by atomic mass is 16.7. The Morgan fingerprint density at radius 1 is 1.56 bits per heavy atom. The number of fused-ring (bicyclic) bond motifs is 1. The number of hydrogen-bond donors (Lipinski definition) is 2. The summed E-state index contributed by atoms with van der Waals surface area (Å²) in [4.78, 5) is 17.6. The van der Waals surface area contributed by atoms with E-state index in [0.29, 0.717) is 11.1 Å². The van der Waals surface area contributed by atoms with E-state index in [1.54, 1.807) is 29.7 Å². The molecule has 0 radical (unpaired) electrons. The van der Waals surface area contributed by atoms with E-state index in [0.717, 1.165) is 0 Å². The number of nitrogens with one attached hydrogen (secondary N) is 1. The molecule has 0 spiro atoms. The molecule has 0 saturated heterocycles. The smallest absolute Gasteiger partial charge is 0.326 e. The van der Waals surface area contributed by atoms with E-state index >= 15 is 0 Å². The highest BCUT2D eigenvalue weighted by Gasteiger charge is 2.06. The van der Waals surface area contributed by atoms with Crippen LogP contribution in [0.25, 0.3) is 11.1 Å². The Morgan fingerprint density at radius 2 is 2.31 bits per heavy atom. The number of oxazole rings is 1. The molecule has 3 N–H and O–H groups in total. The van der Waals surface area contributed by atoms with Crippen LogP contribution < -0.4 is 11.2 Å². The van der Waals surface area contributed by atoms with Gasteiger partial charge in [0.05, 0.1) is 0 Å². The van der Waals surface area contributed by atoms with Crippen LogP contribution in [0.2, 0.25) is 0 Å². The van der Waals surface area contributed by atoms with Crippen molar-refractivity contribution in [2.75, 3.05) is 0 Å². The van der Waals surface area contributed by atoms with Gasteiger partial charge in [-0.1, -0.05) is 17.6 Å². The van der Waals surface area contributed by atoms with Crippen LogP contribution in [-0.4, -0.2) is 16.0 Å².